The van der Waals surface area contributed by atoms with Gasteiger partial charge in [0.1, 0.15) is 0 Å². The molecule has 0 fully saturated rings. The predicted molar refractivity (Wildman–Crippen MR) is 177 cm³/mol. The summed E-state index contributed by atoms with van der Waals surface area (Å²) in [4.78, 5) is 85.3. The summed E-state index contributed by atoms with van der Waals surface area (Å²) in [5, 5.41) is 79.2. The van der Waals surface area contributed by atoms with Crippen LogP contribution in [-0.2, 0) is 0 Å². The van der Waals surface area contributed by atoms with Crippen molar-refractivity contribution in [3.05, 3.63) is 117 Å². The second-order valence-electron chi connectivity index (χ2n) is 10.2. The topological polar surface area (TPSA) is 310 Å². The number of carboxylic acid groups (broad SMARTS) is 4. The van der Waals surface area contributed by atoms with E-state index in [1.54, 1.807) is 0 Å². The fourth-order valence-electron chi connectivity index (χ4n) is 3.93. The zero-order valence-corrected chi connectivity index (χ0v) is 32.0. The van der Waals surface area contributed by atoms with Crippen LogP contribution < -0.4 is 20.4 Å². The van der Waals surface area contributed by atoms with Gasteiger partial charge in [-0.2, -0.15) is 0 Å². The molecule has 4 radical (unpaired) electrons. The van der Waals surface area contributed by atoms with Crippen LogP contribution in [0.15, 0.2) is 72.8 Å². The molecule has 53 heavy (non-hydrogen) atoms. The maximum absolute atomic E-state index is 11.3. The van der Waals surface area contributed by atoms with Crippen molar-refractivity contribution in [1.29, 1.82) is 0 Å². The number of carbonyl (C=O) groups excluding carboxylic acids is 4. The molecule has 0 heterocycles. The van der Waals surface area contributed by atoms with Gasteiger partial charge in [-0.15, -0.1) is 0 Å². The first kappa shape index (κ1) is 46.6. The first-order valence-corrected chi connectivity index (χ1v) is 14.3. The van der Waals surface area contributed by atoms with E-state index in [0.29, 0.717) is 0 Å². The van der Waals surface area contributed by atoms with Crippen LogP contribution in [0.5, 0.6) is 23.0 Å². The van der Waals surface area contributed by atoms with Gasteiger partial charge in [0.2, 0.25) is 0 Å². The molecule has 0 spiro atoms. The molecule has 0 unspecified atom stereocenters. The zero-order chi connectivity index (χ0) is 40.0. The Morgan fingerprint density at radius 2 is 0.472 bits per heavy atom. The van der Waals surface area contributed by atoms with Gasteiger partial charge in [0.05, 0.1) is 22.3 Å². The smallest absolute Gasteiger partial charge is 0.335 e. The van der Waals surface area contributed by atoms with Gasteiger partial charge in [-0.25, -0.2) is 19.2 Å². The third-order valence-corrected chi connectivity index (χ3v) is 6.50. The molecule has 0 saturated carbocycles. The van der Waals surface area contributed by atoms with E-state index in [4.69, 9.17) is 20.4 Å². The van der Waals surface area contributed by atoms with Crippen LogP contribution in [0.3, 0.4) is 0 Å². The van der Waals surface area contributed by atoms with Crippen LogP contribution in [0.4, 0.5) is 0 Å². The van der Waals surface area contributed by atoms with E-state index in [-0.39, 0.29) is 71.8 Å². The molecule has 0 amide bonds. The maximum Gasteiger partial charge on any atom is 0.335 e. The molecule has 0 aliphatic rings. The Balaban J connectivity index is 0.000000676. The van der Waals surface area contributed by atoms with Gasteiger partial charge < -0.3 is 40.9 Å². The second kappa shape index (κ2) is 21.0. The van der Waals surface area contributed by atoms with Crippen LogP contribution in [-0.4, -0.2) is 94.7 Å². The number of rotatable bonds is 8. The molecule has 0 aliphatic heterocycles. The van der Waals surface area contributed by atoms with E-state index >= 15 is 0 Å². The van der Waals surface area contributed by atoms with Gasteiger partial charge in [-0.3, -0.25) is 19.2 Å². The SMILES string of the molecule is CC(=O)c1cccc(C(=O)O)c1[O-].CC(=O)c1cccc(C(=O)O)c1[O-].CC(=O)c1cccc(C(=O)O)c1[O-].CC(=O)c1cccc(C(=O)O)c1[O-].[Pb]. The number of Topliss-reactive ketones (excluding diaryl/α,β-unsaturated/α-hetero) is 4. The Bertz CT molecular complexity index is 1640. The van der Waals surface area contributed by atoms with Crippen molar-refractivity contribution in [1.82, 2.24) is 0 Å². The van der Waals surface area contributed by atoms with Crippen LogP contribution >= 0.6 is 0 Å². The number of ketones is 4. The third-order valence-electron chi connectivity index (χ3n) is 6.50. The van der Waals surface area contributed by atoms with Crippen LogP contribution in [0.2, 0.25) is 0 Å². The fourth-order valence-corrected chi connectivity index (χ4v) is 3.93. The summed E-state index contributed by atoms with van der Waals surface area (Å²) in [7, 11) is 0. The number of carbonyl (C=O) groups is 8. The van der Waals surface area contributed by atoms with Gasteiger partial charge in [0, 0.05) is 49.6 Å². The van der Waals surface area contributed by atoms with Gasteiger partial charge in [0.15, 0.2) is 23.1 Å². The number of aromatic carboxylic acids is 4. The molecule has 4 aromatic rings. The zero-order valence-electron chi connectivity index (χ0n) is 28.1. The second-order valence-corrected chi connectivity index (χ2v) is 10.2. The van der Waals surface area contributed by atoms with Gasteiger partial charge in [0.25, 0.3) is 0 Å². The Morgan fingerprint density at radius 3 is 0.585 bits per heavy atom. The number of para-hydroxylation sites is 4. The average Bonchev–Trinajstić information content (AvgIpc) is 3.05. The van der Waals surface area contributed by atoms with E-state index in [1.807, 2.05) is 0 Å². The Morgan fingerprint density at radius 1 is 0.340 bits per heavy atom. The van der Waals surface area contributed by atoms with Crippen molar-refractivity contribution in [2.75, 3.05) is 0 Å². The van der Waals surface area contributed by atoms with Gasteiger partial charge >= 0.3 is 23.9 Å². The largest absolute Gasteiger partial charge is 0.871 e. The third kappa shape index (κ3) is 13.0. The predicted octanol–water partition coefficient (Wildman–Crippen LogP) is 2.26. The summed E-state index contributed by atoms with van der Waals surface area (Å²) >= 11 is 0. The first-order valence-electron chi connectivity index (χ1n) is 14.3. The summed E-state index contributed by atoms with van der Waals surface area (Å²) in [6.07, 6.45) is 0. The summed E-state index contributed by atoms with van der Waals surface area (Å²) in [5.74, 6) is -9.82. The molecule has 276 valence electrons. The molecule has 4 rings (SSSR count). The van der Waals surface area contributed by atoms with Crippen molar-refractivity contribution >= 4 is 74.3 Å². The quantitative estimate of drug-likeness (QED) is 0.145. The molecule has 0 aromatic heterocycles. The minimum atomic E-state index is -1.31. The average molecular weight is 924 g/mol. The molecular formula is C36H28O16Pb-4. The molecular weight excluding hydrogens is 896 g/mol. The Kier molecular flexibility index (Phi) is 18.5. The van der Waals surface area contributed by atoms with Crippen molar-refractivity contribution in [2.45, 2.75) is 27.7 Å². The molecule has 4 aromatic carbocycles. The number of carboxylic acids is 4. The summed E-state index contributed by atoms with van der Waals surface area (Å²) in [6, 6.07) is 15.5. The summed E-state index contributed by atoms with van der Waals surface area (Å²) < 4.78 is 0. The van der Waals surface area contributed by atoms with E-state index in [1.165, 1.54) is 100 Å². The van der Waals surface area contributed by atoms with Crippen molar-refractivity contribution in [3.63, 3.8) is 0 Å². The summed E-state index contributed by atoms with van der Waals surface area (Å²) in [6.45, 7) is 4.90. The first-order chi connectivity index (χ1) is 24.1. The molecule has 17 heteroatoms. The van der Waals surface area contributed by atoms with Crippen molar-refractivity contribution in [2.24, 2.45) is 0 Å². The van der Waals surface area contributed by atoms with Gasteiger partial charge in [-0.1, -0.05) is 71.5 Å². The van der Waals surface area contributed by atoms with E-state index < -0.39 is 70.0 Å². The minimum absolute atomic E-state index is 0. The normalized spacial score (nSPS) is 9.43. The Labute approximate surface area is 320 Å². The molecule has 0 aliphatic carbocycles. The standard InChI is InChI=1S/4C9H8O4.Pb/c4*1-5(10)6-3-2-4-7(8(6)11)9(12)13;/h4*2-4,11H,1H3,(H,12,13);/p-4. The molecule has 16 nitrogen and oxygen atoms in total. The van der Waals surface area contributed by atoms with E-state index in [2.05, 4.69) is 0 Å². The number of hydrogen-bond acceptors (Lipinski definition) is 12. The maximum atomic E-state index is 11.3. The Hall–Kier alpha value is -6.44. The molecule has 0 bridgehead atoms. The van der Waals surface area contributed by atoms with Gasteiger partial charge in [-0.05, 0) is 52.0 Å². The van der Waals surface area contributed by atoms with Crippen LogP contribution in [0.25, 0.3) is 0 Å². The minimum Gasteiger partial charge on any atom is -0.871 e. The van der Waals surface area contributed by atoms with Crippen LogP contribution in [0.1, 0.15) is 111 Å². The molecule has 4 N–H and O–H groups in total. The fraction of sp³-hybridized carbons (Fsp3) is 0.111. The molecule has 0 atom stereocenters. The summed E-state index contributed by atoms with van der Waals surface area (Å²) in [5.41, 5.74) is -1.81. The monoisotopic (exact) mass is 924 g/mol. The number of benzene rings is 4. The van der Waals surface area contributed by atoms with Crippen molar-refractivity contribution in [3.8, 4) is 23.0 Å². The van der Waals surface area contributed by atoms with Crippen LogP contribution in [0, 0.1) is 0 Å². The van der Waals surface area contributed by atoms with E-state index in [9.17, 15) is 58.8 Å². The number of hydrogen-bond donors (Lipinski definition) is 4. The van der Waals surface area contributed by atoms with E-state index in [0.717, 1.165) is 0 Å². The van der Waals surface area contributed by atoms with Crippen molar-refractivity contribution < 1.29 is 79.2 Å². The molecule has 0 saturated heterocycles.